The van der Waals surface area contributed by atoms with Gasteiger partial charge in [0.2, 0.25) is 0 Å². The fourth-order valence-electron chi connectivity index (χ4n) is 2.34. The molecule has 2 rings (SSSR count). The first-order chi connectivity index (χ1) is 12.4. The molecular weight excluding hydrogens is 330 g/mol. The Morgan fingerprint density at radius 1 is 1.00 bits per heavy atom. The summed E-state index contributed by atoms with van der Waals surface area (Å²) in [6, 6.07) is 15.2. The Labute approximate surface area is 155 Å². The molecule has 0 fully saturated rings. The van der Waals surface area contributed by atoms with E-state index in [9.17, 15) is 4.79 Å². The minimum atomic E-state index is -0.206. The first kappa shape index (κ1) is 19.6. The zero-order valence-electron chi connectivity index (χ0n) is 15.9. The maximum absolute atomic E-state index is 11.9. The van der Waals surface area contributed by atoms with E-state index in [2.05, 4.69) is 32.2 Å². The molecule has 0 saturated carbocycles. The van der Waals surface area contributed by atoms with Crippen LogP contribution in [0.2, 0.25) is 0 Å². The molecule has 0 radical (unpaired) electrons. The van der Waals surface area contributed by atoms with Crippen LogP contribution in [0.5, 0.6) is 17.2 Å². The fraction of sp³-hybridized carbons (Fsp3) is 0.381. The van der Waals surface area contributed by atoms with Crippen LogP contribution in [0.25, 0.3) is 0 Å². The highest BCUT2D eigenvalue weighted by atomic mass is 16.5. The number of amides is 1. The molecule has 5 heteroatoms. The van der Waals surface area contributed by atoms with Crippen molar-refractivity contribution in [1.29, 1.82) is 0 Å². The van der Waals surface area contributed by atoms with Gasteiger partial charge in [-0.2, -0.15) is 0 Å². The number of ether oxygens (including phenoxy) is 3. The van der Waals surface area contributed by atoms with Gasteiger partial charge in [-0.05, 0) is 35.2 Å². The van der Waals surface area contributed by atoms with Gasteiger partial charge in [-0.1, -0.05) is 45.0 Å². The van der Waals surface area contributed by atoms with Crippen molar-refractivity contribution in [2.24, 2.45) is 0 Å². The second kappa shape index (κ2) is 9.13. The highest BCUT2D eigenvalue weighted by Crippen LogP contribution is 2.26. The van der Waals surface area contributed by atoms with E-state index in [0.717, 1.165) is 5.75 Å². The third-order valence-corrected chi connectivity index (χ3v) is 3.82. The SMILES string of the molecule is COc1ccccc1OCC(=O)NCCOc1cccc(C(C)(C)C)c1. The smallest absolute Gasteiger partial charge is 0.258 e. The van der Waals surface area contributed by atoms with Crippen molar-refractivity contribution < 1.29 is 19.0 Å². The quantitative estimate of drug-likeness (QED) is 0.734. The first-order valence-corrected chi connectivity index (χ1v) is 8.66. The molecule has 2 aromatic carbocycles. The van der Waals surface area contributed by atoms with Crippen LogP contribution in [0.3, 0.4) is 0 Å². The molecule has 0 atom stereocenters. The summed E-state index contributed by atoms with van der Waals surface area (Å²) in [5.41, 5.74) is 1.29. The van der Waals surface area contributed by atoms with Crippen molar-refractivity contribution in [1.82, 2.24) is 5.32 Å². The number of methoxy groups -OCH3 is 1. The molecule has 0 saturated heterocycles. The average molecular weight is 357 g/mol. The van der Waals surface area contributed by atoms with Crippen LogP contribution < -0.4 is 19.5 Å². The molecule has 0 bridgehead atoms. The molecule has 0 unspecified atom stereocenters. The predicted octanol–water partition coefficient (Wildman–Crippen LogP) is 3.57. The molecule has 5 nitrogen and oxygen atoms in total. The Hall–Kier alpha value is -2.69. The Morgan fingerprint density at radius 2 is 1.73 bits per heavy atom. The summed E-state index contributed by atoms with van der Waals surface area (Å²) < 4.78 is 16.4. The number of carbonyl (C=O) groups is 1. The van der Waals surface area contributed by atoms with Crippen LogP contribution >= 0.6 is 0 Å². The van der Waals surface area contributed by atoms with E-state index in [-0.39, 0.29) is 17.9 Å². The van der Waals surface area contributed by atoms with Crippen molar-refractivity contribution in [3.05, 3.63) is 54.1 Å². The zero-order valence-corrected chi connectivity index (χ0v) is 15.9. The zero-order chi connectivity index (χ0) is 19.0. The van der Waals surface area contributed by atoms with Crippen molar-refractivity contribution in [3.63, 3.8) is 0 Å². The van der Waals surface area contributed by atoms with Gasteiger partial charge in [-0.15, -0.1) is 0 Å². The number of hydrogen-bond acceptors (Lipinski definition) is 4. The molecule has 0 aliphatic carbocycles. The van der Waals surface area contributed by atoms with Gasteiger partial charge in [0.25, 0.3) is 5.91 Å². The summed E-state index contributed by atoms with van der Waals surface area (Å²) in [5, 5.41) is 2.78. The second-order valence-corrected chi connectivity index (χ2v) is 6.92. The maximum atomic E-state index is 11.9. The van der Waals surface area contributed by atoms with Crippen molar-refractivity contribution in [2.75, 3.05) is 26.9 Å². The lowest BCUT2D eigenvalue weighted by Gasteiger charge is -2.19. The van der Waals surface area contributed by atoms with Crippen LogP contribution in [0.1, 0.15) is 26.3 Å². The standard InChI is InChI=1S/C21H27NO4/c1-21(2,3)16-8-7-9-17(14-16)25-13-12-22-20(23)15-26-19-11-6-5-10-18(19)24-4/h5-11,14H,12-13,15H2,1-4H3,(H,22,23). The lowest BCUT2D eigenvalue weighted by molar-refractivity contribution is -0.123. The number of rotatable bonds is 8. The number of hydrogen-bond donors (Lipinski definition) is 1. The minimum Gasteiger partial charge on any atom is -0.493 e. The Bertz CT molecular complexity index is 722. The molecule has 0 heterocycles. The second-order valence-electron chi connectivity index (χ2n) is 6.92. The Kier molecular flexibility index (Phi) is 6.89. The van der Waals surface area contributed by atoms with Gasteiger partial charge >= 0.3 is 0 Å². The van der Waals surface area contributed by atoms with E-state index >= 15 is 0 Å². The van der Waals surface area contributed by atoms with Gasteiger partial charge in [0.05, 0.1) is 13.7 Å². The van der Waals surface area contributed by atoms with E-state index in [4.69, 9.17) is 14.2 Å². The van der Waals surface area contributed by atoms with Crippen molar-refractivity contribution >= 4 is 5.91 Å². The number of carbonyl (C=O) groups excluding carboxylic acids is 1. The Balaban J connectivity index is 1.72. The van der Waals surface area contributed by atoms with Gasteiger partial charge in [0.1, 0.15) is 12.4 Å². The number of para-hydroxylation sites is 2. The number of benzene rings is 2. The van der Waals surface area contributed by atoms with E-state index < -0.39 is 0 Å². The molecule has 1 N–H and O–H groups in total. The summed E-state index contributed by atoms with van der Waals surface area (Å²) >= 11 is 0. The molecule has 1 amide bonds. The summed E-state index contributed by atoms with van der Waals surface area (Å²) in [6.07, 6.45) is 0. The van der Waals surface area contributed by atoms with Crippen LogP contribution in [0.4, 0.5) is 0 Å². The minimum absolute atomic E-state index is 0.0696. The van der Waals surface area contributed by atoms with E-state index in [1.54, 1.807) is 19.2 Å². The van der Waals surface area contributed by atoms with Crippen molar-refractivity contribution in [2.45, 2.75) is 26.2 Å². The molecule has 0 aliphatic heterocycles. The lowest BCUT2D eigenvalue weighted by Crippen LogP contribution is -2.32. The van der Waals surface area contributed by atoms with E-state index in [1.807, 2.05) is 30.3 Å². The average Bonchev–Trinajstić information content (AvgIpc) is 2.63. The van der Waals surface area contributed by atoms with Gasteiger partial charge in [-0.25, -0.2) is 0 Å². The molecular formula is C21H27NO4. The highest BCUT2D eigenvalue weighted by molar-refractivity contribution is 5.77. The van der Waals surface area contributed by atoms with Gasteiger partial charge < -0.3 is 19.5 Å². The largest absolute Gasteiger partial charge is 0.493 e. The molecule has 140 valence electrons. The Morgan fingerprint density at radius 3 is 2.42 bits per heavy atom. The van der Waals surface area contributed by atoms with E-state index in [1.165, 1.54) is 5.56 Å². The monoisotopic (exact) mass is 357 g/mol. The van der Waals surface area contributed by atoms with E-state index in [0.29, 0.717) is 24.7 Å². The van der Waals surface area contributed by atoms with Gasteiger partial charge in [0, 0.05) is 0 Å². The van der Waals surface area contributed by atoms with Gasteiger partial charge in [0.15, 0.2) is 18.1 Å². The molecule has 0 spiro atoms. The topological polar surface area (TPSA) is 56.8 Å². The molecule has 26 heavy (non-hydrogen) atoms. The van der Waals surface area contributed by atoms with Crippen LogP contribution in [0, 0.1) is 0 Å². The summed E-state index contributed by atoms with van der Waals surface area (Å²) in [6.45, 7) is 7.22. The number of nitrogens with one attached hydrogen (secondary N) is 1. The molecule has 0 aromatic heterocycles. The lowest BCUT2D eigenvalue weighted by atomic mass is 9.87. The fourth-order valence-corrected chi connectivity index (χ4v) is 2.34. The molecule has 0 aliphatic rings. The summed E-state index contributed by atoms with van der Waals surface area (Å²) in [5.74, 6) is 1.74. The maximum Gasteiger partial charge on any atom is 0.258 e. The van der Waals surface area contributed by atoms with Crippen LogP contribution in [-0.4, -0.2) is 32.8 Å². The predicted molar refractivity (Wildman–Crippen MR) is 102 cm³/mol. The van der Waals surface area contributed by atoms with Gasteiger partial charge in [-0.3, -0.25) is 4.79 Å². The van der Waals surface area contributed by atoms with Crippen molar-refractivity contribution in [3.8, 4) is 17.2 Å². The normalized spacial score (nSPS) is 10.9. The summed E-state index contributed by atoms with van der Waals surface area (Å²) in [7, 11) is 1.56. The summed E-state index contributed by atoms with van der Waals surface area (Å²) in [4.78, 5) is 11.9. The highest BCUT2D eigenvalue weighted by Gasteiger charge is 2.14. The van der Waals surface area contributed by atoms with Crippen LogP contribution in [0.15, 0.2) is 48.5 Å². The molecule has 2 aromatic rings. The third-order valence-electron chi connectivity index (χ3n) is 3.82. The third kappa shape index (κ3) is 5.99. The first-order valence-electron chi connectivity index (χ1n) is 8.66. The van der Waals surface area contributed by atoms with Crippen LogP contribution in [-0.2, 0) is 10.2 Å².